The van der Waals surface area contributed by atoms with Gasteiger partial charge in [0.15, 0.2) is 6.61 Å². The van der Waals surface area contributed by atoms with Gasteiger partial charge in [-0.05, 0) is 29.2 Å². The molecular formula is C23H20N2O3S. The molecule has 0 heterocycles. The third-order valence-electron chi connectivity index (χ3n) is 3.82. The Labute approximate surface area is 173 Å². The molecule has 0 unspecified atom stereocenters. The number of hydrazine groups is 1. The molecule has 0 spiro atoms. The lowest BCUT2D eigenvalue weighted by Crippen LogP contribution is -2.43. The zero-order valence-corrected chi connectivity index (χ0v) is 16.4. The van der Waals surface area contributed by atoms with Crippen LogP contribution in [0.25, 0.3) is 11.1 Å². The summed E-state index contributed by atoms with van der Waals surface area (Å²) >= 11 is 1.41. The Balaban J connectivity index is 1.45. The first-order valence-corrected chi connectivity index (χ1v) is 9.84. The minimum atomic E-state index is -0.453. The van der Waals surface area contributed by atoms with Crippen molar-refractivity contribution in [2.45, 2.75) is 4.90 Å². The number of amides is 2. The van der Waals surface area contributed by atoms with Crippen LogP contribution >= 0.6 is 11.8 Å². The maximum Gasteiger partial charge on any atom is 0.276 e. The fraction of sp³-hybridized carbons (Fsp3) is 0.0435. The highest BCUT2D eigenvalue weighted by Gasteiger charge is 2.08. The Morgan fingerprint density at radius 1 is 0.828 bits per heavy atom. The standard InChI is InChI=1S/C23H20N2O3S/c26-22(15-16-29-19-11-5-2-6-12-19)24-25-23(27)17-28-21-14-8-7-13-20(21)18-9-3-1-4-10-18/h1-16H,17H2,(H,24,26)(H,25,27)/b16-15+. The van der Waals surface area contributed by atoms with Crippen LogP contribution in [0.5, 0.6) is 5.75 Å². The Bertz CT molecular complexity index is 976. The van der Waals surface area contributed by atoms with E-state index in [-0.39, 0.29) is 6.61 Å². The first kappa shape index (κ1) is 20.2. The van der Waals surface area contributed by atoms with Crippen LogP contribution in [0.15, 0.2) is 101 Å². The van der Waals surface area contributed by atoms with Crippen LogP contribution in [0, 0.1) is 0 Å². The van der Waals surface area contributed by atoms with E-state index in [0.29, 0.717) is 5.75 Å². The molecule has 0 saturated carbocycles. The molecule has 0 atom stereocenters. The van der Waals surface area contributed by atoms with Crippen LogP contribution in [-0.2, 0) is 9.59 Å². The summed E-state index contributed by atoms with van der Waals surface area (Å²) in [5.41, 5.74) is 6.56. The lowest BCUT2D eigenvalue weighted by atomic mass is 10.1. The monoisotopic (exact) mass is 404 g/mol. The van der Waals surface area contributed by atoms with Crippen molar-refractivity contribution in [2.24, 2.45) is 0 Å². The molecule has 2 amide bonds. The van der Waals surface area contributed by atoms with E-state index in [2.05, 4.69) is 10.9 Å². The van der Waals surface area contributed by atoms with Gasteiger partial charge in [0.1, 0.15) is 5.75 Å². The van der Waals surface area contributed by atoms with Crippen LogP contribution in [0.1, 0.15) is 0 Å². The molecule has 3 aromatic carbocycles. The molecule has 0 aliphatic carbocycles. The molecule has 2 N–H and O–H groups in total. The second kappa shape index (κ2) is 10.7. The number of carbonyl (C=O) groups is 2. The first-order chi connectivity index (χ1) is 14.2. The number of hydrogen-bond acceptors (Lipinski definition) is 4. The van der Waals surface area contributed by atoms with E-state index in [1.165, 1.54) is 17.8 Å². The largest absolute Gasteiger partial charge is 0.483 e. The Morgan fingerprint density at radius 2 is 1.48 bits per heavy atom. The number of hydrogen-bond donors (Lipinski definition) is 2. The van der Waals surface area contributed by atoms with Crippen molar-refractivity contribution < 1.29 is 14.3 Å². The summed E-state index contributed by atoms with van der Waals surface area (Å²) in [5, 5.41) is 1.66. The smallest absolute Gasteiger partial charge is 0.276 e. The Kier molecular flexibility index (Phi) is 7.48. The van der Waals surface area contributed by atoms with Crippen LogP contribution in [-0.4, -0.2) is 18.4 Å². The van der Waals surface area contributed by atoms with Gasteiger partial charge >= 0.3 is 0 Å². The fourth-order valence-electron chi connectivity index (χ4n) is 2.47. The van der Waals surface area contributed by atoms with Crippen LogP contribution in [0.2, 0.25) is 0 Å². The van der Waals surface area contributed by atoms with Gasteiger partial charge in [0.05, 0.1) is 0 Å². The van der Waals surface area contributed by atoms with Gasteiger partial charge < -0.3 is 4.74 Å². The zero-order valence-electron chi connectivity index (χ0n) is 15.6. The number of rotatable bonds is 7. The van der Waals surface area contributed by atoms with E-state index in [9.17, 15) is 9.59 Å². The maximum absolute atomic E-state index is 12.0. The van der Waals surface area contributed by atoms with E-state index in [4.69, 9.17) is 4.74 Å². The van der Waals surface area contributed by atoms with Crippen LogP contribution in [0.3, 0.4) is 0 Å². The highest BCUT2D eigenvalue weighted by Crippen LogP contribution is 2.29. The van der Waals surface area contributed by atoms with Gasteiger partial charge in [0.25, 0.3) is 11.8 Å². The van der Waals surface area contributed by atoms with Crippen molar-refractivity contribution in [3.05, 3.63) is 96.4 Å². The Morgan fingerprint density at radius 3 is 2.24 bits per heavy atom. The predicted molar refractivity (Wildman–Crippen MR) is 115 cm³/mol. The van der Waals surface area contributed by atoms with Crippen LogP contribution < -0.4 is 15.6 Å². The molecule has 0 fully saturated rings. The van der Waals surface area contributed by atoms with Crippen molar-refractivity contribution in [3.63, 3.8) is 0 Å². The van der Waals surface area contributed by atoms with E-state index in [0.717, 1.165) is 16.0 Å². The molecule has 0 bridgehead atoms. The minimum absolute atomic E-state index is 0.216. The van der Waals surface area contributed by atoms with Gasteiger partial charge in [-0.3, -0.25) is 20.4 Å². The van der Waals surface area contributed by atoms with Crippen molar-refractivity contribution in [2.75, 3.05) is 6.61 Å². The van der Waals surface area contributed by atoms with E-state index in [1.807, 2.05) is 78.9 Å². The summed E-state index contributed by atoms with van der Waals surface area (Å²) in [5.74, 6) is -0.281. The normalized spacial score (nSPS) is 10.5. The molecule has 29 heavy (non-hydrogen) atoms. The van der Waals surface area contributed by atoms with Crippen molar-refractivity contribution in [3.8, 4) is 16.9 Å². The second-order valence-corrected chi connectivity index (χ2v) is 6.90. The first-order valence-electron chi connectivity index (χ1n) is 8.97. The molecule has 3 rings (SSSR count). The van der Waals surface area contributed by atoms with E-state index >= 15 is 0 Å². The number of carbonyl (C=O) groups excluding carboxylic acids is 2. The van der Waals surface area contributed by atoms with Crippen molar-refractivity contribution in [1.82, 2.24) is 10.9 Å². The number of benzene rings is 3. The molecule has 6 heteroatoms. The van der Waals surface area contributed by atoms with E-state index in [1.54, 1.807) is 11.5 Å². The lowest BCUT2D eigenvalue weighted by molar-refractivity contribution is -0.128. The lowest BCUT2D eigenvalue weighted by Gasteiger charge is -2.11. The second-order valence-electron chi connectivity index (χ2n) is 5.92. The summed E-state index contributed by atoms with van der Waals surface area (Å²) in [7, 11) is 0. The molecule has 0 radical (unpaired) electrons. The fourth-order valence-corrected chi connectivity index (χ4v) is 3.14. The molecular weight excluding hydrogens is 384 g/mol. The van der Waals surface area contributed by atoms with Gasteiger partial charge in [-0.1, -0.05) is 78.5 Å². The SMILES string of the molecule is O=C(/C=C/Sc1ccccc1)NNC(=O)COc1ccccc1-c1ccccc1. The van der Waals surface area contributed by atoms with Gasteiger partial charge in [-0.25, -0.2) is 0 Å². The number of thioether (sulfide) groups is 1. The molecule has 3 aromatic rings. The maximum atomic E-state index is 12.0. The van der Waals surface area contributed by atoms with E-state index < -0.39 is 11.8 Å². The third kappa shape index (κ3) is 6.55. The third-order valence-corrected chi connectivity index (χ3v) is 4.64. The van der Waals surface area contributed by atoms with Crippen molar-refractivity contribution >= 4 is 23.6 Å². The summed E-state index contributed by atoms with van der Waals surface area (Å²) in [6.07, 6.45) is 1.35. The summed E-state index contributed by atoms with van der Waals surface area (Å²) in [6, 6.07) is 26.9. The van der Waals surface area contributed by atoms with Gasteiger partial charge in [-0.2, -0.15) is 0 Å². The molecule has 0 aliphatic heterocycles. The number of ether oxygens (including phenoxy) is 1. The van der Waals surface area contributed by atoms with Crippen LogP contribution in [0.4, 0.5) is 0 Å². The predicted octanol–water partition coefficient (Wildman–Crippen LogP) is 4.19. The Hall–Kier alpha value is -3.51. The molecule has 5 nitrogen and oxygen atoms in total. The molecule has 0 saturated heterocycles. The minimum Gasteiger partial charge on any atom is -0.483 e. The molecule has 0 aliphatic rings. The highest BCUT2D eigenvalue weighted by atomic mass is 32.2. The number of para-hydroxylation sites is 1. The molecule has 146 valence electrons. The zero-order chi connectivity index (χ0) is 20.3. The van der Waals surface area contributed by atoms with Gasteiger partial charge in [-0.15, -0.1) is 0 Å². The van der Waals surface area contributed by atoms with Gasteiger partial charge in [0.2, 0.25) is 0 Å². The highest BCUT2D eigenvalue weighted by molar-refractivity contribution is 8.02. The van der Waals surface area contributed by atoms with Gasteiger partial charge in [0, 0.05) is 16.5 Å². The number of nitrogens with one attached hydrogen (secondary N) is 2. The average Bonchev–Trinajstić information content (AvgIpc) is 2.78. The topological polar surface area (TPSA) is 67.4 Å². The summed E-state index contributed by atoms with van der Waals surface area (Å²) in [4.78, 5) is 24.8. The molecule has 0 aromatic heterocycles. The quantitative estimate of drug-likeness (QED) is 0.352. The average molecular weight is 404 g/mol. The van der Waals surface area contributed by atoms with Crippen molar-refractivity contribution in [1.29, 1.82) is 0 Å². The summed E-state index contributed by atoms with van der Waals surface area (Å²) in [6.45, 7) is -0.216. The summed E-state index contributed by atoms with van der Waals surface area (Å²) < 4.78 is 5.64.